The molecule has 2 aromatic rings. The molecular weight excluding hydrogens is 278 g/mol. The molecule has 1 aromatic heterocycles. The van der Waals surface area contributed by atoms with Gasteiger partial charge in [0.05, 0.1) is 12.3 Å². The Kier molecular flexibility index (Phi) is 5.77. The molecule has 3 N–H and O–H groups in total. The Morgan fingerprint density at radius 2 is 2.23 bits per heavy atom. The summed E-state index contributed by atoms with van der Waals surface area (Å²) >= 11 is 0. The van der Waals surface area contributed by atoms with Gasteiger partial charge in [-0.2, -0.15) is 0 Å². The number of nitrogens with one attached hydrogen (secondary N) is 1. The van der Waals surface area contributed by atoms with Gasteiger partial charge in [0.15, 0.2) is 0 Å². The van der Waals surface area contributed by atoms with Crippen molar-refractivity contribution < 1.29 is 9.53 Å². The molecule has 5 heteroatoms. The number of ether oxygens (including phenoxy) is 1. The van der Waals surface area contributed by atoms with Crippen LogP contribution in [0.15, 0.2) is 42.7 Å². The first-order valence-corrected chi connectivity index (χ1v) is 7.40. The van der Waals surface area contributed by atoms with E-state index in [1.165, 1.54) is 0 Å². The highest BCUT2D eigenvalue weighted by atomic mass is 16.5. The van der Waals surface area contributed by atoms with Crippen LogP contribution in [0.2, 0.25) is 0 Å². The predicted molar refractivity (Wildman–Crippen MR) is 86.7 cm³/mol. The average molecular weight is 299 g/mol. The number of pyridine rings is 1. The number of nitrogens with two attached hydrogens (primary N) is 1. The third kappa shape index (κ3) is 4.48. The molecule has 1 heterocycles. The Morgan fingerprint density at radius 1 is 1.36 bits per heavy atom. The van der Waals surface area contributed by atoms with Crippen LogP contribution in [0.1, 0.15) is 35.7 Å². The van der Waals surface area contributed by atoms with E-state index in [0.29, 0.717) is 30.2 Å². The van der Waals surface area contributed by atoms with Gasteiger partial charge in [-0.25, -0.2) is 0 Å². The van der Waals surface area contributed by atoms with E-state index < -0.39 is 0 Å². The number of carbonyl (C=O) groups excluding carboxylic acids is 1. The number of nitrogens with zero attached hydrogens (tertiary/aromatic N) is 1. The molecule has 0 aliphatic heterocycles. The molecule has 0 aliphatic carbocycles. The minimum Gasteiger partial charge on any atom is -0.491 e. The molecule has 0 saturated heterocycles. The molecule has 0 spiro atoms. The van der Waals surface area contributed by atoms with Gasteiger partial charge in [0.25, 0.3) is 5.91 Å². The first-order chi connectivity index (χ1) is 10.7. The highest BCUT2D eigenvalue weighted by molar-refractivity contribution is 5.95. The standard InChI is InChI=1S/C17H21N3O2/c1-2-3-9-22-16-7-6-14(10-15(16)18)17(21)20-12-13-5-4-8-19-11-13/h4-8,10-11H,2-3,9,12,18H2,1H3,(H,20,21). The second kappa shape index (κ2) is 8.02. The number of hydrogen-bond donors (Lipinski definition) is 2. The quantitative estimate of drug-likeness (QED) is 0.609. The molecule has 116 valence electrons. The molecule has 0 unspecified atom stereocenters. The molecule has 22 heavy (non-hydrogen) atoms. The Balaban J connectivity index is 1.94. The SMILES string of the molecule is CCCCOc1ccc(C(=O)NCc2cccnc2)cc1N. The zero-order chi connectivity index (χ0) is 15.8. The zero-order valence-corrected chi connectivity index (χ0v) is 12.7. The lowest BCUT2D eigenvalue weighted by molar-refractivity contribution is 0.0951. The number of carbonyl (C=O) groups is 1. The summed E-state index contributed by atoms with van der Waals surface area (Å²) in [4.78, 5) is 16.1. The van der Waals surface area contributed by atoms with Crippen molar-refractivity contribution in [3.63, 3.8) is 0 Å². The van der Waals surface area contributed by atoms with E-state index in [-0.39, 0.29) is 5.91 Å². The molecular formula is C17H21N3O2. The topological polar surface area (TPSA) is 77.2 Å². The number of amides is 1. The molecule has 0 fully saturated rings. The van der Waals surface area contributed by atoms with Crippen LogP contribution >= 0.6 is 0 Å². The lowest BCUT2D eigenvalue weighted by Crippen LogP contribution is -2.23. The summed E-state index contributed by atoms with van der Waals surface area (Å²) in [6.45, 7) is 3.16. The third-order valence-corrected chi connectivity index (χ3v) is 3.20. The lowest BCUT2D eigenvalue weighted by Gasteiger charge is -2.10. The van der Waals surface area contributed by atoms with Crippen molar-refractivity contribution in [2.24, 2.45) is 0 Å². The maximum Gasteiger partial charge on any atom is 0.251 e. The van der Waals surface area contributed by atoms with Gasteiger partial charge in [-0.05, 0) is 36.2 Å². The fraction of sp³-hybridized carbons (Fsp3) is 0.294. The number of unbranched alkanes of at least 4 members (excludes halogenated alkanes) is 1. The molecule has 0 aliphatic rings. The monoisotopic (exact) mass is 299 g/mol. The van der Waals surface area contributed by atoms with Crippen molar-refractivity contribution in [3.8, 4) is 5.75 Å². The van der Waals surface area contributed by atoms with Gasteiger partial charge in [0.1, 0.15) is 5.75 Å². The van der Waals surface area contributed by atoms with E-state index in [1.807, 2.05) is 12.1 Å². The molecule has 0 atom stereocenters. The van der Waals surface area contributed by atoms with Gasteiger partial charge in [0.2, 0.25) is 0 Å². The van der Waals surface area contributed by atoms with E-state index in [4.69, 9.17) is 10.5 Å². The molecule has 5 nitrogen and oxygen atoms in total. The normalized spacial score (nSPS) is 10.2. The van der Waals surface area contributed by atoms with Crippen molar-refractivity contribution in [1.82, 2.24) is 10.3 Å². The van der Waals surface area contributed by atoms with Crippen molar-refractivity contribution in [3.05, 3.63) is 53.9 Å². The second-order valence-electron chi connectivity index (χ2n) is 5.00. The zero-order valence-electron chi connectivity index (χ0n) is 12.7. The van der Waals surface area contributed by atoms with Crippen molar-refractivity contribution in [2.45, 2.75) is 26.3 Å². The smallest absolute Gasteiger partial charge is 0.251 e. The van der Waals surface area contributed by atoms with Gasteiger partial charge in [-0.15, -0.1) is 0 Å². The highest BCUT2D eigenvalue weighted by Crippen LogP contribution is 2.22. The van der Waals surface area contributed by atoms with Crippen molar-refractivity contribution >= 4 is 11.6 Å². The number of anilines is 1. The molecule has 1 amide bonds. The number of aromatic nitrogens is 1. The summed E-state index contributed by atoms with van der Waals surface area (Å²) in [6.07, 6.45) is 5.46. The highest BCUT2D eigenvalue weighted by Gasteiger charge is 2.08. The lowest BCUT2D eigenvalue weighted by atomic mass is 10.1. The Morgan fingerprint density at radius 3 is 2.91 bits per heavy atom. The van der Waals surface area contributed by atoms with Gasteiger partial charge in [-0.1, -0.05) is 19.4 Å². The van der Waals surface area contributed by atoms with Crippen LogP contribution in [0.5, 0.6) is 5.75 Å². The Hall–Kier alpha value is -2.56. The summed E-state index contributed by atoms with van der Waals surface area (Å²) in [7, 11) is 0. The van der Waals surface area contributed by atoms with Crippen LogP contribution in [0.4, 0.5) is 5.69 Å². The molecule has 0 saturated carbocycles. The van der Waals surface area contributed by atoms with E-state index in [2.05, 4.69) is 17.2 Å². The van der Waals surface area contributed by atoms with Crippen LogP contribution in [-0.2, 0) is 6.54 Å². The molecule has 1 aromatic carbocycles. The van der Waals surface area contributed by atoms with Gasteiger partial charge >= 0.3 is 0 Å². The van der Waals surface area contributed by atoms with Crippen LogP contribution in [0, 0.1) is 0 Å². The minimum atomic E-state index is -0.171. The number of benzene rings is 1. The summed E-state index contributed by atoms with van der Waals surface area (Å²) in [5.41, 5.74) is 7.88. The van der Waals surface area contributed by atoms with Crippen LogP contribution in [0.25, 0.3) is 0 Å². The molecule has 0 bridgehead atoms. The Labute approximate surface area is 130 Å². The van der Waals surface area contributed by atoms with E-state index >= 15 is 0 Å². The van der Waals surface area contributed by atoms with Crippen molar-refractivity contribution in [2.75, 3.05) is 12.3 Å². The largest absolute Gasteiger partial charge is 0.491 e. The number of nitrogen functional groups attached to an aromatic ring is 1. The average Bonchev–Trinajstić information content (AvgIpc) is 2.55. The van der Waals surface area contributed by atoms with E-state index in [9.17, 15) is 4.79 Å². The van der Waals surface area contributed by atoms with Crippen LogP contribution < -0.4 is 15.8 Å². The van der Waals surface area contributed by atoms with Crippen LogP contribution in [0.3, 0.4) is 0 Å². The number of hydrogen-bond acceptors (Lipinski definition) is 4. The maximum absolute atomic E-state index is 12.1. The fourth-order valence-corrected chi connectivity index (χ4v) is 1.93. The molecule has 0 radical (unpaired) electrons. The second-order valence-corrected chi connectivity index (χ2v) is 5.00. The summed E-state index contributed by atoms with van der Waals surface area (Å²) in [5.74, 6) is 0.452. The summed E-state index contributed by atoms with van der Waals surface area (Å²) in [5, 5.41) is 2.84. The third-order valence-electron chi connectivity index (χ3n) is 3.20. The van der Waals surface area contributed by atoms with E-state index in [0.717, 1.165) is 18.4 Å². The van der Waals surface area contributed by atoms with Crippen LogP contribution in [-0.4, -0.2) is 17.5 Å². The van der Waals surface area contributed by atoms with Gasteiger partial charge < -0.3 is 15.8 Å². The summed E-state index contributed by atoms with van der Waals surface area (Å²) < 4.78 is 5.58. The number of rotatable bonds is 7. The minimum absolute atomic E-state index is 0.171. The van der Waals surface area contributed by atoms with E-state index in [1.54, 1.807) is 30.6 Å². The summed E-state index contributed by atoms with van der Waals surface area (Å²) in [6, 6.07) is 8.84. The first-order valence-electron chi connectivity index (χ1n) is 7.40. The fourth-order valence-electron chi connectivity index (χ4n) is 1.93. The maximum atomic E-state index is 12.1. The predicted octanol–water partition coefficient (Wildman–Crippen LogP) is 2.77. The molecule has 2 rings (SSSR count). The van der Waals surface area contributed by atoms with Gasteiger partial charge in [-0.3, -0.25) is 9.78 Å². The first kappa shape index (κ1) is 15.8. The van der Waals surface area contributed by atoms with Crippen molar-refractivity contribution in [1.29, 1.82) is 0 Å². The van der Waals surface area contributed by atoms with Gasteiger partial charge in [0, 0.05) is 24.5 Å². The Bertz CT molecular complexity index is 615.